The number of nitrogens with zero attached hydrogens (tertiary/aromatic N) is 3. The molecule has 0 spiro atoms. The van der Waals surface area contributed by atoms with E-state index in [2.05, 4.69) is 10.4 Å². The van der Waals surface area contributed by atoms with Crippen molar-refractivity contribution in [1.29, 1.82) is 0 Å². The third-order valence-corrected chi connectivity index (χ3v) is 7.40. The monoisotopic (exact) mass is 509 g/mol. The molecular weight excluding hydrogens is 489 g/mol. The molecule has 3 heterocycles. The molecule has 36 heavy (non-hydrogen) atoms. The fourth-order valence-corrected chi connectivity index (χ4v) is 5.49. The van der Waals surface area contributed by atoms with E-state index in [9.17, 15) is 14.7 Å². The lowest BCUT2D eigenvalue weighted by Crippen LogP contribution is -2.36. The van der Waals surface area contributed by atoms with Gasteiger partial charge < -0.3 is 20.2 Å². The van der Waals surface area contributed by atoms with E-state index in [-0.39, 0.29) is 41.2 Å². The molecule has 2 aromatic heterocycles. The van der Waals surface area contributed by atoms with Gasteiger partial charge in [0.15, 0.2) is 5.76 Å². The van der Waals surface area contributed by atoms with E-state index >= 15 is 4.39 Å². The number of nitrogens with one attached hydrogen (secondary N) is 1. The van der Waals surface area contributed by atoms with Crippen LogP contribution in [0.3, 0.4) is 0 Å². The zero-order valence-electron chi connectivity index (χ0n) is 18.9. The number of benzene rings is 2. The number of nitrogens with two attached hydrogens (primary N) is 1. The van der Waals surface area contributed by atoms with Crippen LogP contribution in [-0.4, -0.2) is 44.9 Å². The third kappa shape index (κ3) is 3.56. The summed E-state index contributed by atoms with van der Waals surface area (Å²) in [6.45, 7) is 0.585. The lowest BCUT2D eigenvalue weighted by Gasteiger charge is -2.23. The van der Waals surface area contributed by atoms with Crippen LogP contribution in [0.5, 0.6) is 0 Å². The second kappa shape index (κ2) is 7.99. The molecule has 0 bridgehead atoms. The molecule has 2 atom stereocenters. The highest BCUT2D eigenvalue weighted by molar-refractivity contribution is 6.31. The van der Waals surface area contributed by atoms with Gasteiger partial charge >= 0.3 is 6.09 Å². The minimum atomic E-state index is -1.30. The number of carbonyl (C=O) groups excluding carboxylic acids is 1. The van der Waals surface area contributed by atoms with Crippen LogP contribution < -0.4 is 11.1 Å². The lowest BCUT2D eigenvalue weighted by molar-refractivity contribution is -0.131. The first-order valence-electron chi connectivity index (χ1n) is 11.3. The minimum Gasteiger partial charge on any atom is -0.465 e. The summed E-state index contributed by atoms with van der Waals surface area (Å²) in [4.78, 5) is 26.1. The number of amides is 2. The number of carbonyl (C=O) groups is 2. The zero-order valence-corrected chi connectivity index (χ0v) is 19.6. The summed E-state index contributed by atoms with van der Waals surface area (Å²) in [6.07, 6.45) is -0.658. The molecule has 6 rings (SSSR count). The summed E-state index contributed by atoms with van der Waals surface area (Å²) in [7, 11) is 0. The topological polar surface area (TPSA) is 127 Å². The summed E-state index contributed by atoms with van der Waals surface area (Å²) in [5, 5.41) is 16.8. The van der Waals surface area contributed by atoms with Crippen molar-refractivity contribution in [2.24, 2.45) is 5.92 Å². The van der Waals surface area contributed by atoms with Crippen LogP contribution in [0.2, 0.25) is 5.02 Å². The molecule has 2 aromatic carbocycles. The van der Waals surface area contributed by atoms with E-state index < -0.39 is 17.3 Å². The van der Waals surface area contributed by atoms with Crippen molar-refractivity contribution in [2.45, 2.75) is 18.4 Å². The summed E-state index contributed by atoms with van der Waals surface area (Å²) < 4.78 is 22.4. The molecule has 4 N–H and O–H groups in total. The Morgan fingerprint density at radius 3 is 2.86 bits per heavy atom. The van der Waals surface area contributed by atoms with E-state index in [0.29, 0.717) is 30.2 Å². The van der Waals surface area contributed by atoms with Crippen LogP contribution in [0.1, 0.15) is 12.0 Å². The highest BCUT2D eigenvalue weighted by Gasteiger charge is 2.63. The minimum absolute atomic E-state index is 0.00448. The van der Waals surface area contributed by atoms with Crippen LogP contribution in [0.4, 0.5) is 20.7 Å². The van der Waals surface area contributed by atoms with Crippen molar-refractivity contribution in [1.82, 2.24) is 14.7 Å². The SMILES string of the molecule is Nc1cc(-c2cc3ccccc3o2)nn1CC(=O)N1CC2C[C@]2(c2c(NC(=O)O)ccc(Cl)c2F)C1. The van der Waals surface area contributed by atoms with Gasteiger partial charge in [-0.3, -0.25) is 10.1 Å². The van der Waals surface area contributed by atoms with Crippen LogP contribution in [0, 0.1) is 11.7 Å². The number of anilines is 2. The first kappa shape index (κ1) is 22.4. The lowest BCUT2D eigenvalue weighted by atomic mass is 9.92. The van der Waals surface area contributed by atoms with Crippen molar-refractivity contribution in [3.8, 4) is 11.5 Å². The number of piperidine rings is 1. The van der Waals surface area contributed by atoms with Crippen molar-refractivity contribution in [3.63, 3.8) is 0 Å². The Balaban J connectivity index is 1.22. The molecule has 1 aliphatic carbocycles. The molecule has 184 valence electrons. The number of aromatic nitrogens is 2. The fraction of sp³-hybridized carbons (Fsp3) is 0.240. The van der Waals surface area contributed by atoms with E-state index in [1.54, 1.807) is 11.0 Å². The molecule has 1 saturated heterocycles. The van der Waals surface area contributed by atoms with E-state index in [4.69, 9.17) is 21.8 Å². The molecule has 1 aliphatic heterocycles. The predicted octanol–water partition coefficient (Wildman–Crippen LogP) is 4.56. The second-order valence-electron chi connectivity index (χ2n) is 9.31. The Morgan fingerprint density at radius 1 is 1.28 bits per heavy atom. The molecule has 2 aliphatic rings. The Labute approximate surface area is 209 Å². The normalized spacial score (nSPS) is 20.5. The first-order chi connectivity index (χ1) is 17.2. The second-order valence-corrected chi connectivity index (χ2v) is 9.71. The number of furan rings is 1. The number of hydrogen-bond donors (Lipinski definition) is 3. The number of para-hydroxylation sites is 1. The molecule has 0 radical (unpaired) electrons. The van der Waals surface area contributed by atoms with Gasteiger partial charge in [-0.05, 0) is 36.6 Å². The number of likely N-dealkylation sites (tertiary alicyclic amines) is 1. The van der Waals surface area contributed by atoms with E-state index in [1.165, 1.54) is 16.8 Å². The smallest absolute Gasteiger partial charge is 0.409 e. The number of rotatable bonds is 5. The van der Waals surface area contributed by atoms with Crippen molar-refractivity contribution in [3.05, 3.63) is 64.9 Å². The van der Waals surface area contributed by atoms with Gasteiger partial charge in [-0.1, -0.05) is 29.8 Å². The van der Waals surface area contributed by atoms with Gasteiger partial charge in [0.2, 0.25) is 5.91 Å². The van der Waals surface area contributed by atoms with Crippen molar-refractivity contribution >= 4 is 46.1 Å². The summed E-state index contributed by atoms with van der Waals surface area (Å²) >= 11 is 6.02. The van der Waals surface area contributed by atoms with Crippen molar-refractivity contribution in [2.75, 3.05) is 24.1 Å². The van der Waals surface area contributed by atoms with Crippen LogP contribution in [0.25, 0.3) is 22.4 Å². The molecular formula is C25H21ClFN5O4. The summed E-state index contributed by atoms with van der Waals surface area (Å²) in [5.74, 6) is -0.0175. The van der Waals surface area contributed by atoms with Crippen molar-refractivity contribution < 1.29 is 23.5 Å². The Kier molecular flexibility index (Phi) is 4.97. The largest absolute Gasteiger partial charge is 0.465 e. The van der Waals surface area contributed by atoms with E-state index in [1.807, 2.05) is 30.3 Å². The van der Waals surface area contributed by atoms with E-state index in [0.717, 1.165) is 11.0 Å². The Morgan fingerprint density at radius 2 is 2.08 bits per heavy atom. The maximum atomic E-state index is 15.1. The summed E-state index contributed by atoms with van der Waals surface area (Å²) in [6, 6.07) is 13.9. The zero-order chi connectivity index (χ0) is 25.2. The standard InChI is InChI=1S/C25H21ClFN5O4/c26-15-5-6-16(29-24(34)35)22(23(15)27)25-9-14(25)10-31(12-25)21(33)11-32-20(28)8-17(30-32)19-7-13-3-1-2-4-18(13)36-19/h1-8,14,29H,9-12,28H2,(H,34,35)/t14?,25-/m0/s1. The number of carboxylic acid groups (broad SMARTS) is 1. The Bertz CT molecular complexity index is 1520. The maximum absolute atomic E-state index is 15.1. The molecule has 11 heteroatoms. The van der Waals surface area contributed by atoms with Crippen LogP contribution in [-0.2, 0) is 16.8 Å². The third-order valence-electron chi connectivity index (χ3n) is 7.11. The number of halogens is 2. The van der Waals surface area contributed by atoms with Gasteiger partial charge in [0.25, 0.3) is 0 Å². The number of nitrogen functional groups attached to an aromatic ring is 1. The average Bonchev–Trinajstić information content (AvgIpc) is 3.17. The van der Waals surface area contributed by atoms with Gasteiger partial charge in [-0.2, -0.15) is 5.10 Å². The van der Waals surface area contributed by atoms with Crippen LogP contribution >= 0.6 is 11.6 Å². The predicted molar refractivity (Wildman–Crippen MR) is 131 cm³/mol. The molecule has 2 amide bonds. The number of hydrogen-bond acceptors (Lipinski definition) is 5. The maximum Gasteiger partial charge on any atom is 0.409 e. The first-order valence-corrected chi connectivity index (χ1v) is 11.7. The Hall–Kier alpha value is -4.05. The van der Waals surface area contributed by atoms with Gasteiger partial charge in [-0.25, -0.2) is 13.9 Å². The average molecular weight is 510 g/mol. The molecule has 4 aromatic rings. The van der Waals surface area contributed by atoms with Gasteiger partial charge in [0.05, 0.1) is 10.7 Å². The van der Waals surface area contributed by atoms with Gasteiger partial charge in [-0.15, -0.1) is 0 Å². The molecule has 1 unspecified atom stereocenters. The highest BCUT2D eigenvalue weighted by atomic mass is 35.5. The van der Waals surface area contributed by atoms with Gasteiger partial charge in [0, 0.05) is 35.5 Å². The molecule has 1 saturated carbocycles. The number of fused-ring (bicyclic) bond motifs is 2. The fourth-order valence-electron chi connectivity index (χ4n) is 5.33. The molecule has 2 fully saturated rings. The highest BCUT2D eigenvalue weighted by Crippen LogP contribution is 2.61. The molecule has 9 nitrogen and oxygen atoms in total. The summed E-state index contributed by atoms with van der Waals surface area (Å²) in [5.41, 5.74) is 7.05. The quantitative estimate of drug-likeness (QED) is 0.362. The van der Waals surface area contributed by atoms with Gasteiger partial charge in [0.1, 0.15) is 29.5 Å². The van der Waals surface area contributed by atoms with Crippen LogP contribution in [0.15, 0.2) is 52.9 Å².